The van der Waals surface area contributed by atoms with Crippen molar-refractivity contribution in [2.75, 3.05) is 0 Å². The molecule has 0 aliphatic heterocycles. The van der Waals surface area contributed by atoms with Gasteiger partial charge in [-0.2, -0.15) is 0 Å². The first-order chi connectivity index (χ1) is 11.0. The van der Waals surface area contributed by atoms with E-state index < -0.39 is 0 Å². The topological polar surface area (TPSA) is 12.9 Å². The van der Waals surface area contributed by atoms with Crippen LogP contribution in [0.1, 0.15) is 30.5 Å². The predicted octanol–water partition coefficient (Wildman–Crippen LogP) is 5.63. The molecule has 0 spiro atoms. The smallest absolute Gasteiger partial charge is 0.124 e. The average molecular weight is 301 g/mol. The minimum Gasteiger partial charge on any atom is -0.256 e. The van der Waals surface area contributed by atoms with E-state index in [9.17, 15) is 4.39 Å². The van der Waals surface area contributed by atoms with Crippen molar-refractivity contribution >= 4 is 32.4 Å². The number of rotatable bonds is 0. The van der Waals surface area contributed by atoms with Gasteiger partial charge in [0.25, 0.3) is 0 Å². The molecule has 2 heteroatoms. The van der Waals surface area contributed by atoms with Crippen LogP contribution in [0.4, 0.5) is 4.39 Å². The third-order valence-corrected chi connectivity index (χ3v) is 5.44. The Morgan fingerprint density at radius 2 is 1.70 bits per heavy atom. The van der Waals surface area contributed by atoms with Gasteiger partial charge in [-0.15, -0.1) is 0 Å². The zero-order valence-electron chi connectivity index (χ0n) is 13.4. The highest BCUT2D eigenvalue weighted by Gasteiger charge is 2.35. The summed E-state index contributed by atoms with van der Waals surface area (Å²) in [5.41, 5.74) is 4.53. The lowest BCUT2D eigenvalue weighted by Gasteiger charge is -2.21. The Morgan fingerprint density at radius 3 is 2.52 bits per heavy atom. The number of fused-ring (bicyclic) bond motifs is 3. The molecule has 1 aliphatic carbocycles. The summed E-state index contributed by atoms with van der Waals surface area (Å²) in [6.07, 6.45) is 1.89. The van der Waals surface area contributed by atoms with Crippen molar-refractivity contribution in [2.45, 2.75) is 26.2 Å². The number of halogens is 1. The summed E-state index contributed by atoms with van der Waals surface area (Å²) in [5.74, 6) is -0.185. The molecule has 1 heterocycles. The zero-order chi connectivity index (χ0) is 15.9. The quantitative estimate of drug-likeness (QED) is 0.384. The Labute approximate surface area is 133 Å². The van der Waals surface area contributed by atoms with Gasteiger partial charge in [0.1, 0.15) is 5.82 Å². The van der Waals surface area contributed by atoms with Crippen molar-refractivity contribution in [2.24, 2.45) is 0 Å². The van der Waals surface area contributed by atoms with E-state index in [-0.39, 0.29) is 11.2 Å². The second-order valence-electron chi connectivity index (χ2n) is 7.08. The lowest BCUT2D eigenvalue weighted by atomic mass is 9.82. The van der Waals surface area contributed by atoms with Gasteiger partial charge < -0.3 is 0 Å². The fourth-order valence-corrected chi connectivity index (χ4v) is 4.41. The third kappa shape index (κ3) is 1.40. The van der Waals surface area contributed by atoms with Gasteiger partial charge in [-0.05, 0) is 58.0 Å². The van der Waals surface area contributed by atoms with E-state index >= 15 is 0 Å². The summed E-state index contributed by atoms with van der Waals surface area (Å²) in [6.45, 7) is 6.49. The number of nitrogens with zero attached hydrogens (tertiary/aromatic N) is 1. The largest absolute Gasteiger partial charge is 0.256 e. The normalized spacial score (nSPS) is 15.3. The van der Waals surface area contributed by atoms with Crippen LogP contribution in [-0.4, -0.2) is 4.98 Å². The van der Waals surface area contributed by atoms with Gasteiger partial charge in [0.2, 0.25) is 0 Å². The van der Waals surface area contributed by atoms with E-state index in [1.807, 2.05) is 13.1 Å². The Balaban J connectivity index is 2.25. The van der Waals surface area contributed by atoms with Crippen molar-refractivity contribution in [3.05, 3.63) is 65.1 Å². The van der Waals surface area contributed by atoms with Crippen LogP contribution in [0.25, 0.3) is 32.4 Å². The lowest BCUT2D eigenvalue weighted by molar-refractivity contribution is 0.629. The Kier molecular flexibility index (Phi) is 2.20. The van der Waals surface area contributed by atoms with E-state index in [1.165, 1.54) is 21.9 Å². The number of pyridine rings is 1. The van der Waals surface area contributed by atoms with E-state index in [0.717, 1.165) is 27.2 Å². The molecule has 1 aromatic heterocycles. The third-order valence-electron chi connectivity index (χ3n) is 5.44. The molecule has 0 bridgehead atoms. The number of hydrogen-bond acceptors (Lipinski definition) is 1. The number of aromatic nitrogens is 1. The molecule has 0 atom stereocenters. The molecule has 23 heavy (non-hydrogen) atoms. The second-order valence-corrected chi connectivity index (χ2v) is 7.08. The molecule has 1 nitrogen and oxygen atoms in total. The van der Waals surface area contributed by atoms with Crippen LogP contribution in [-0.2, 0) is 5.41 Å². The molecule has 0 fully saturated rings. The van der Waals surface area contributed by atoms with Crippen molar-refractivity contribution < 1.29 is 4.39 Å². The molecule has 4 aromatic rings. The highest BCUT2D eigenvalue weighted by atomic mass is 19.1. The highest BCUT2D eigenvalue weighted by molar-refractivity contribution is 6.28. The van der Waals surface area contributed by atoms with Gasteiger partial charge in [0, 0.05) is 22.4 Å². The van der Waals surface area contributed by atoms with Crippen LogP contribution in [0.3, 0.4) is 0 Å². The van der Waals surface area contributed by atoms with Crippen LogP contribution in [0.15, 0.2) is 42.6 Å². The summed E-state index contributed by atoms with van der Waals surface area (Å²) in [4.78, 5) is 4.69. The van der Waals surface area contributed by atoms with Crippen LogP contribution >= 0.6 is 0 Å². The Bertz CT molecular complexity index is 1160. The van der Waals surface area contributed by atoms with E-state index in [1.54, 1.807) is 12.1 Å². The number of hydrogen-bond donors (Lipinski definition) is 0. The van der Waals surface area contributed by atoms with Crippen LogP contribution in [0.5, 0.6) is 0 Å². The summed E-state index contributed by atoms with van der Waals surface area (Å²) in [5, 5.41) is 5.66. The molecular weight excluding hydrogens is 285 g/mol. The molecule has 1 aliphatic rings. The first kappa shape index (κ1) is 13.0. The van der Waals surface area contributed by atoms with Crippen molar-refractivity contribution in [3.63, 3.8) is 0 Å². The predicted molar refractivity (Wildman–Crippen MR) is 93.6 cm³/mol. The summed E-state index contributed by atoms with van der Waals surface area (Å²) in [7, 11) is 0. The van der Waals surface area contributed by atoms with Gasteiger partial charge >= 0.3 is 0 Å². The summed E-state index contributed by atoms with van der Waals surface area (Å²) in [6, 6.07) is 11.8. The fraction of sp³-hybridized carbons (Fsp3) is 0.190. The molecule has 112 valence electrons. The fourth-order valence-electron chi connectivity index (χ4n) is 4.41. The second kappa shape index (κ2) is 3.88. The van der Waals surface area contributed by atoms with Gasteiger partial charge in [0.05, 0.1) is 5.52 Å². The Hall–Kier alpha value is -2.48. The number of benzene rings is 3. The maximum absolute atomic E-state index is 14.1. The monoisotopic (exact) mass is 301 g/mol. The van der Waals surface area contributed by atoms with E-state index in [4.69, 9.17) is 0 Å². The minimum absolute atomic E-state index is 0.0488. The summed E-state index contributed by atoms with van der Waals surface area (Å²) < 4.78 is 14.1. The lowest BCUT2D eigenvalue weighted by Crippen LogP contribution is -2.15. The molecular formula is C21H16FN. The summed E-state index contributed by atoms with van der Waals surface area (Å²) >= 11 is 0. The molecule has 0 radical (unpaired) electrons. The van der Waals surface area contributed by atoms with Crippen LogP contribution in [0.2, 0.25) is 0 Å². The highest BCUT2D eigenvalue weighted by Crippen LogP contribution is 2.50. The molecule has 0 unspecified atom stereocenters. The molecule has 0 amide bonds. The van der Waals surface area contributed by atoms with Crippen molar-refractivity contribution in [1.29, 1.82) is 0 Å². The standard InChI is InChI=1S/C21H16FN/c1-11-9-12(22)10-14-13-5-4-6-15-18(13)19-16(21(15,2)3)7-8-23-20(19)17(11)14/h4-10H,1-3H3. The Morgan fingerprint density at radius 1 is 0.913 bits per heavy atom. The van der Waals surface area contributed by atoms with Gasteiger partial charge in [-0.1, -0.05) is 32.0 Å². The maximum Gasteiger partial charge on any atom is 0.124 e. The first-order valence-corrected chi connectivity index (χ1v) is 7.94. The van der Waals surface area contributed by atoms with Gasteiger partial charge in [-0.3, -0.25) is 4.98 Å². The molecule has 0 saturated carbocycles. The minimum atomic E-state index is -0.185. The van der Waals surface area contributed by atoms with Gasteiger partial charge in [0.15, 0.2) is 0 Å². The first-order valence-electron chi connectivity index (χ1n) is 7.94. The zero-order valence-corrected chi connectivity index (χ0v) is 13.4. The molecule has 0 saturated heterocycles. The average Bonchev–Trinajstić information content (AvgIpc) is 2.75. The van der Waals surface area contributed by atoms with E-state index in [2.05, 4.69) is 43.1 Å². The molecule has 5 rings (SSSR count). The van der Waals surface area contributed by atoms with Gasteiger partial charge in [-0.25, -0.2) is 4.39 Å². The van der Waals surface area contributed by atoms with Crippen molar-refractivity contribution in [3.8, 4) is 0 Å². The maximum atomic E-state index is 14.1. The van der Waals surface area contributed by atoms with Crippen LogP contribution < -0.4 is 0 Å². The van der Waals surface area contributed by atoms with Crippen molar-refractivity contribution in [1.82, 2.24) is 4.98 Å². The SMILES string of the molecule is Cc1cc(F)cc2c3cccc4c3c3c(ccnc3c12)C4(C)C. The molecule has 0 N–H and O–H groups in total. The van der Waals surface area contributed by atoms with E-state index in [0.29, 0.717) is 0 Å². The molecule has 3 aromatic carbocycles. The van der Waals surface area contributed by atoms with Crippen LogP contribution in [0, 0.1) is 12.7 Å². The number of aryl methyl sites for hydroxylation is 1.